The standard InChI is InChI=1S/C13H19ClN2/c1-2-11-4-3-7-16(11)9-10-5-6-12(14)13(15)8-10/h5-6,8,11H,2-4,7,9,15H2,1H3. The van der Waals surface area contributed by atoms with Crippen molar-refractivity contribution >= 4 is 17.3 Å². The number of halogens is 1. The van der Waals surface area contributed by atoms with Crippen LogP contribution in [0.1, 0.15) is 31.7 Å². The van der Waals surface area contributed by atoms with Gasteiger partial charge in [-0.25, -0.2) is 0 Å². The summed E-state index contributed by atoms with van der Waals surface area (Å²) in [6, 6.07) is 6.71. The Kier molecular flexibility index (Phi) is 3.72. The number of nitrogens with two attached hydrogens (primary N) is 1. The molecular weight excluding hydrogens is 220 g/mol. The third-order valence-electron chi connectivity index (χ3n) is 3.42. The second-order valence-electron chi connectivity index (χ2n) is 4.53. The van der Waals surface area contributed by atoms with E-state index < -0.39 is 0 Å². The van der Waals surface area contributed by atoms with E-state index in [0.717, 1.165) is 12.6 Å². The summed E-state index contributed by atoms with van der Waals surface area (Å²) in [6.07, 6.45) is 3.89. The van der Waals surface area contributed by atoms with Gasteiger partial charge >= 0.3 is 0 Å². The lowest BCUT2D eigenvalue weighted by Gasteiger charge is -2.23. The zero-order chi connectivity index (χ0) is 11.5. The van der Waals surface area contributed by atoms with Gasteiger partial charge in [-0.2, -0.15) is 0 Å². The summed E-state index contributed by atoms with van der Waals surface area (Å²) < 4.78 is 0. The molecule has 88 valence electrons. The van der Waals surface area contributed by atoms with E-state index in [-0.39, 0.29) is 0 Å². The highest BCUT2D eigenvalue weighted by Gasteiger charge is 2.22. The molecule has 0 aliphatic carbocycles. The van der Waals surface area contributed by atoms with Crippen LogP contribution in [0, 0.1) is 0 Å². The van der Waals surface area contributed by atoms with E-state index in [4.69, 9.17) is 17.3 Å². The molecular formula is C13H19ClN2. The summed E-state index contributed by atoms with van der Waals surface area (Å²) in [5, 5.41) is 0.650. The maximum atomic E-state index is 5.91. The van der Waals surface area contributed by atoms with Crippen LogP contribution in [0.15, 0.2) is 18.2 Å². The van der Waals surface area contributed by atoms with Crippen molar-refractivity contribution < 1.29 is 0 Å². The second-order valence-corrected chi connectivity index (χ2v) is 4.94. The summed E-state index contributed by atoms with van der Waals surface area (Å²) in [7, 11) is 0. The van der Waals surface area contributed by atoms with E-state index in [1.54, 1.807) is 0 Å². The van der Waals surface area contributed by atoms with E-state index in [1.165, 1.54) is 31.4 Å². The van der Waals surface area contributed by atoms with Gasteiger partial charge in [-0.3, -0.25) is 4.90 Å². The summed E-state index contributed by atoms with van der Waals surface area (Å²) in [5.41, 5.74) is 7.76. The van der Waals surface area contributed by atoms with E-state index in [2.05, 4.69) is 17.9 Å². The molecule has 1 aliphatic heterocycles. The fourth-order valence-electron chi connectivity index (χ4n) is 2.49. The van der Waals surface area contributed by atoms with Gasteiger partial charge in [-0.1, -0.05) is 24.6 Å². The average Bonchev–Trinajstić information content (AvgIpc) is 2.71. The van der Waals surface area contributed by atoms with Gasteiger partial charge in [0.25, 0.3) is 0 Å². The fourth-order valence-corrected chi connectivity index (χ4v) is 2.61. The first-order chi connectivity index (χ1) is 7.70. The first-order valence-corrected chi connectivity index (χ1v) is 6.36. The molecule has 0 bridgehead atoms. The number of benzene rings is 1. The molecule has 0 aromatic heterocycles. The molecule has 0 saturated carbocycles. The number of anilines is 1. The molecule has 2 N–H and O–H groups in total. The Bertz CT molecular complexity index is 365. The van der Waals surface area contributed by atoms with Gasteiger partial charge in [0.1, 0.15) is 0 Å². The molecule has 2 rings (SSSR count). The van der Waals surface area contributed by atoms with Gasteiger partial charge < -0.3 is 5.73 Å². The molecule has 1 saturated heterocycles. The average molecular weight is 239 g/mol. The maximum absolute atomic E-state index is 5.91. The molecule has 1 aliphatic rings. The maximum Gasteiger partial charge on any atom is 0.0635 e. The first-order valence-electron chi connectivity index (χ1n) is 5.98. The van der Waals surface area contributed by atoms with Crippen LogP contribution in [0.5, 0.6) is 0 Å². The van der Waals surface area contributed by atoms with Gasteiger partial charge in [0, 0.05) is 12.6 Å². The van der Waals surface area contributed by atoms with Crippen molar-refractivity contribution in [3.05, 3.63) is 28.8 Å². The van der Waals surface area contributed by atoms with Crippen molar-refractivity contribution in [2.45, 2.75) is 38.8 Å². The molecule has 3 heteroatoms. The number of hydrogen-bond acceptors (Lipinski definition) is 2. The highest BCUT2D eigenvalue weighted by Crippen LogP contribution is 2.25. The molecule has 0 spiro atoms. The van der Waals surface area contributed by atoms with Crippen LogP contribution in [0.25, 0.3) is 0 Å². The third kappa shape index (κ3) is 2.50. The topological polar surface area (TPSA) is 29.3 Å². The highest BCUT2D eigenvalue weighted by atomic mass is 35.5. The van der Waals surface area contributed by atoms with Crippen molar-refractivity contribution in [3.63, 3.8) is 0 Å². The van der Waals surface area contributed by atoms with E-state index in [1.807, 2.05) is 12.1 Å². The smallest absolute Gasteiger partial charge is 0.0635 e. The van der Waals surface area contributed by atoms with Crippen LogP contribution in [0.3, 0.4) is 0 Å². The predicted molar refractivity (Wildman–Crippen MR) is 69.6 cm³/mol. The SMILES string of the molecule is CCC1CCCN1Cc1ccc(Cl)c(N)c1. The van der Waals surface area contributed by atoms with E-state index >= 15 is 0 Å². The van der Waals surface area contributed by atoms with Gasteiger partial charge in [0.15, 0.2) is 0 Å². The fraction of sp³-hybridized carbons (Fsp3) is 0.538. The third-order valence-corrected chi connectivity index (χ3v) is 3.76. The van der Waals surface area contributed by atoms with Crippen molar-refractivity contribution in [1.29, 1.82) is 0 Å². The summed E-state index contributed by atoms with van der Waals surface area (Å²) >= 11 is 5.91. The van der Waals surface area contributed by atoms with Crippen LogP contribution < -0.4 is 5.73 Å². The zero-order valence-corrected chi connectivity index (χ0v) is 10.5. The Morgan fingerprint density at radius 3 is 3.00 bits per heavy atom. The quantitative estimate of drug-likeness (QED) is 0.819. The lowest BCUT2D eigenvalue weighted by Crippen LogP contribution is -2.28. The van der Waals surface area contributed by atoms with Crippen molar-refractivity contribution in [1.82, 2.24) is 4.90 Å². The van der Waals surface area contributed by atoms with Crippen LogP contribution in [-0.2, 0) is 6.54 Å². The Balaban J connectivity index is 2.05. The van der Waals surface area contributed by atoms with Crippen LogP contribution in [0.2, 0.25) is 5.02 Å². The number of nitrogen functional groups attached to an aromatic ring is 1. The minimum absolute atomic E-state index is 0.650. The van der Waals surface area contributed by atoms with Crippen molar-refractivity contribution in [2.24, 2.45) is 0 Å². The number of likely N-dealkylation sites (tertiary alicyclic amines) is 1. The number of rotatable bonds is 3. The molecule has 1 unspecified atom stereocenters. The lowest BCUT2D eigenvalue weighted by molar-refractivity contribution is 0.240. The van der Waals surface area contributed by atoms with Gasteiger partial charge in [-0.05, 0) is 43.5 Å². The number of nitrogens with zero attached hydrogens (tertiary/aromatic N) is 1. The molecule has 16 heavy (non-hydrogen) atoms. The number of hydrogen-bond donors (Lipinski definition) is 1. The lowest BCUT2D eigenvalue weighted by atomic mass is 10.1. The van der Waals surface area contributed by atoms with Crippen LogP contribution >= 0.6 is 11.6 Å². The van der Waals surface area contributed by atoms with Crippen LogP contribution in [0.4, 0.5) is 5.69 Å². The minimum Gasteiger partial charge on any atom is -0.398 e. The Labute approximate surface area is 102 Å². The molecule has 1 aromatic carbocycles. The first kappa shape index (κ1) is 11.7. The molecule has 0 radical (unpaired) electrons. The second kappa shape index (κ2) is 5.07. The van der Waals surface area contributed by atoms with Crippen LogP contribution in [-0.4, -0.2) is 17.5 Å². The normalized spacial score (nSPS) is 21.5. The van der Waals surface area contributed by atoms with Crippen molar-refractivity contribution in [3.8, 4) is 0 Å². The monoisotopic (exact) mass is 238 g/mol. The molecule has 1 heterocycles. The minimum atomic E-state index is 0.650. The Morgan fingerprint density at radius 1 is 1.50 bits per heavy atom. The molecule has 2 nitrogen and oxygen atoms in total. The van der Waals surface area contributed by atoms with E-state index in [0.29, 0.717) is 10.7 Å². The molecule has 1 fully saturated rings. The van der Waals surface area contributed by atoms with E-state index in [9.17, 15) is 0 Å². The summed E-state index contributed by atoms with van der Waals surface area (Å²) in [4.78, 5) is 2.54. The van der Waals surface area contributed by atoms with Crippen molar-refractivity contribution in [2.75, 3.05) is 12.3 Å². The van der Waals surface area contributed by atoms with Gasteiger partial charge in [0.2, 0.25) is 0 Å². The van der Waals surface area contributed by atoms with Gasteiger partial charge in [0.05, 0.1) is 10.7 Å². The summed E-state index contributed by atoms with van der Waals surface area (Å²) in [5.74, 6) is 0. The Morgan fingerprint density at radius 2 is 2.31 bits per heavy atom. The summed E-state index contributed by atoms with van der Waals surface area (Å²) in [6.45, 7) is 4.47. The molecule has 0 amide bonds. The Hall–Kier alpha value is -0.730. The predicted octanol–water partition coefficient (Wildman–Crippen LogP) is 3.30. The molecule has 1 atom stereocenters. The van der Waals surface area contributed by atoms with Gasteiger partial charge in [-0.15, -0.1) is 0 Å². The zero-order valence-electron chi connectivity index (χ0n) is 9.75. The molecule has 1 aromatic rings. The largest absolute Gasteiger partial charge is 0.398 e. The highest BCUT2D eigenvalue weighted by molar-refractivity contribution is 6.33.